The molecule has 0 unspecified atom stereocenters. The predicted octanol–water partition coefficient (Wildman–Crippen LogP) is 1.43. The third-order valence-corrected chi connectivity index (χ3v) is 5.29. The minimum Gasteiger partial charge on any atom is -0.312 e. The Balaban J connectivity index is 1.95. The van der Waals surface area contributed by atoms with Gasteiger partial charge in [-0.25, -0.2) is 13.1 Å². The number of sulfonamides is 1. The molecule has 3 rings (SSSR count). The smallest absolute Gasteiger partial charge is 0.240 e. The van der Waals surface area contributed by atoms with Crippen LogP contribution in [0.2, 0.25) is 0 Å². The number of fused-ring (bicyclic) bond motifs is 1. The van der Waals surface area contributed by atoms with Gasteiger partial charge in [0.05, 0.1) is 4.90 Å². The summed E-state index contributed by atoms with van der Waals surface area (Å²) in [6.45, 7) is 2.53. The first kappa shape index (κ1) is 13.6. The Morgan fingerprint density at radius 1 is 1.30 bits per heavy atom. The van der Waals surface area contributed by atoms with Crippen molar-refractivity contribution in [3.63, 3.8) is 0 Å². The Labute approximate surface area is 119 Å². The van der Waals surface area contributed by atoms with E-state index >= 15 is 0 Å². The van der Waals surface area contributed by atoms with E-state index in [4.69, 9.17) is 0 Å². The molecule has 1 amide bonds. The second kappa shape index (κ2) is 4.86. The van der Waals surface area contributed by atoms with Crippen LogP contribution in [-0.4, -0.2) is 26.9 Å². The van der Waals surface area contributed by atoms with E-state index in [2.05, 4.69) is 4.72 Å². The van der Waals surface area contributed by atoms with Crippen molar-refractivity contribution >= 4 is 21.6 Å². The molecule has 108 valence electrons. The number of rotatable bonds is 4. The lowest BCUT2D eigenvalue weighted by molar-refractivity contribution is -0.118. The third kappa shape index (κ3) is 2.45. The average Bonchev–Trinajstić information content (AvgIpc) is 3.21. The summed E-state index contributed by atoms with van der Waals surface area (Å²) >= 11 is 0. The summed E-state index contributed by atoms with van der Waals surface area (Å²) in [7, 11) is -3.42. The highest BCUT2D eigenvalue weighted by Gasteiger charge is 2.29. The van der Waals surface area contributed by atoms with Crippen molar-refractivity contribution in [2.24, 2.45) is 0 Å². The van der Waals surface area contributed by atoms with Gasteiger partial charge in [0.25, 0.3) is 0 Å². The van der Waals surface area contributed by atoms with Gasteiger partial charge in [-0.3, -0.25) is 4.79 Å². The molecule has 0 radical (unpaired) electrons. The number of carbonyl (C=O) groups excluding carboxylic acids is 1. The lowest BCUT2D eigenvalue weighted by Gasteiger charge is -2.28. The molecule has 0 spiro atoms. The Bertz CT molecular complexity index is 650. The molecule has 1 saturated carbocycles. The molecule has 2 aliphatic rings. The van der Waals surface area contributed by atoms with Crippen molar-refractivity contribution in [2.75, 3.05) is 11.4 Å². The molecule has 1 aromatic carbocycles. The van der Waals surface area contributed by atoms with Gasteiger partial charge in [0.15, 0.2) is 0 Å². The van der Waals surface area contributed by atoms with Crippen LogP contribution in [0.4, 0.5) is 5.69 Å². The van der Waals surface area contributed by atoms with Crippen LogP contribution in [0.3, 0.4) is 0 Å². The number of hydrogen-bond donors (Lipinski definition) is 1. The number of aryl methyl sites for hydroxylation is 1. The number of amides is 1. The van der Waals surface area contributed by atoms with Crippen molar-refractivity contribution in [1.82, 2.24) is 4.72 Å². The van der Waals surface area contributed by atoms with Crippen LogP contribution in [0, 0.1) is 0 Å². The Kier molecular flexibility index (Phi) is 3.30. The van der Waals surface area contributed by atoms with Gasteiger partial charge in [-0.2, -0.15) is 0 Å². The first-order valence-corrected chi connectivity index (χ1v) is 8.45. The molecule has 1 aliphatic carbocycles. The number of benzene rings is 1. The Morgan fingerprint density at radius 2 is 2.05 bits per heavy atom. The second-order valence-electron chi connectivity index (χ2n) is 5.32. The minimum atomic E-state index is -3.42. The van der Waals surface area contributed by atoms with E-state index in [1.807, 2.05) is 6.92 Å². The highest BCUT2D eigenvalue weighted by molar-refractivity contribution is 7.89. The number of anilines is 1. The molecule has 5 nitrogen and oxygen atoms in total. The molecule has 1 aromatic rings. The van der Waals surface area contributed by atoms with Crippen molar-refractivity contribution in [1.29, 1.82) is 0 Å². The number of nitrogens with one attached hydrogen (secondary N) is 1. The summed E-state index contributed by atoms with van der Waals surface area (Å²) in [5.41, 5.74) is 1.78. The minimum absolute atomic E-state index is 0.102. The summed E-state index contributed by atoms with van der Waals surface area (Å²) in [5.74, 6) is 0.103. The van der Waals surface area contributed by atoms with Crippen LogP contribution in [0.15, 0.2) is 23.1 Å². The molecule has 1 N–H and O–H groups in total. The van der Waals surface area contributed by atoms with Gasteiger partial charge < -0.3 is 4.90 Å². The largest absolute Gasteiger partial charge is 0.312 e. The van der Waals surface area contributed by atoms with Crippen LogP contribution in [0.25, 0.3) is 0 Å². The van der Waals surface area contributed by atoms with Crippen LogP contribution in [-0.2, 0) is 21.2 Å². The highest BCUT2D eigenvalue weighted by atomic mass is 32.2. The van der Waals surface area contributed by atoms with Gasteiger partial charge >= 0.3 is 0 Å². The topological polar surface area (TPSA) is 66.5 Å². The van der Waals surface area contributed by atoms with Crippen molar-refractivity contribution < 1.29 is 13.2 Å². The van der Waals surface area contributed by atoms with Gasteiger partial charge in [-0.15, -0.1) is 0 Å². The lowest BCUT2D eigenvalue weighted by Crippen LogP contribution is -2.35. The zero-order valence-corrected chi connectivity index (χ0v) is 12.2. The fraction of sp³-hybridized carbons (Fsp3) is 0.500. The van der Waals surface area contributed by atoms with Gasteiger partial charge in [0.1, 0.15) is 0 Å². The molecule has 0 aromatic heterocycles. The van der Waals surface area contributed by atoms with E-state index in [0.29, 0.717) is 24.3 Å². The molecule has 1 fully saturated rings. The Hall–Kier alpha value is -1.40. The van der Waals surface area contributed by atoms with E-state index < -0.39 is 10.0 Å². The van der Waals surface area contributed by atoms with Crippen molar-refractivity contribution in [3.8, 4) is 0 Å². The van der Waals surface area contributed by atoms with E-state index in [-0.39, 0.29) is 11.9 Å². The molecule has 6 heteroatoms. The summed E-state index contributed by atoms with van der Waals surface area (Å²) in [4.78, 5) is 13.8. The quantitative estimate of drug-likeness (QED) is 0.913. The van der Waals surface area contributed by atoms with E-state index in [9.17, 15) is 13.2 Å². The number of hydrogen-bond acceptors (Lipinski definition) is 3. The molecule has 1 aliphatic heterocycles. The van der Waals surface area contributed by atoms with Crippen LogP contribution < -0.4 is 9.62 Å². The highest BCUT2D eigenvalue weighted by Crippen LogP contribution is 2.30. The lowest BCUT2D eigenvalue weighted by atomic mass is 10.0. The van der Waals surface area contributed by atoms with E-state index in [1.54, 1.807) is 23.1 Å². The molecule has 20 heavy (non-hydrogen) atoms. The standard InChI is InChI=1S/C14H18N2O3S/c1-2-16-13-7-6-12(9-10(13)3-8-14(16)17)20(18,19)15-11-4-5-11/h6-7,9,11,15H,2-5,8H2,1H3. The normalized spacial score (nSPS) is 19.1. The molecular weight excluding hydrogens is 276 g/mol. The van der Waals surface area contributed by atoms with Crippen LogP contribution >= 0.6 is 0 Å². The maximum absolute atomic E-state index is 12.2. The molecule has 0 atom stereocenters. The van der Waals surface area contributed by atoms with Gasteiger partial charge in [-0.05, 0) is 49.9 Å². The number of nitrogens with zero attached hydrogens (tertiary/aromatic N) is 1. The van der Waals surface area contributed by atoms with Crippen molar-refractivity contribution in [2.45, 2.75) is 43.5 Å². The summed E-state index contributed by atoms with van der Waals surface area (Å²) < 4.78 is 27.1. The summed E-state index contributed by atoms with van der Waals surface area (Å²) in [6, 6.07) is 5.14. The van der Waals surface area contributed by atoms with Gasteiger partial charge in [0, 0.05) is 24.7 Å². The maximum atomic E-state index is 12.2. The number of carbonyl (C=O) groups is 1. The fourth-order valence-electron chi connectivity index (χ4n) is 2.54. The zero-order valence-electron chi connectivity index (χ0n) is 11.4. The maximum Gasteiger partial charge on any atom is 0.240 e. The van der Waals surface area contributed by atoms with Crippen LogP contribution in [0.1, 0.15) is 31.7 Å². The predicted molar refractivity (Wildman–Crippen MR) is 76.1 cm³/mol. The second-order valence-corrected chi connectivity index (χ2v) is 7.04. The van der Waals surface area contributed by atoms with Gasteiger partial charge in [-0.1, -0.05) is 0 Å². The van der Waals surface area contributed by atoms with Gasteiger partial charge in [0.2, 0.25) is 15.9 Å². The monoisotopic (exact) mass is 294 g/mol. The molecular formula is C14H18N2O3S. The Morgan fingerprint density at radius 3 is 2.70 bits per heavy atom. The summed E-state index contributed by atoms with van der Waals surface area (Å²) in [5, 5.41) is 0. The molecule has 1 heterocycles. The average molecular weight is 294 g/mol. The first-order chi connectivity index (χ1) is 9.51. The third-order valence-electron chi connectivity index (χ3n) is 3.78. The fourth-order valence-corrected chi connectivity index (χ4v) is 3.89. The molecule has 0 saturated heterocycles. The summed E-state index contributed by atoms with van der Waals surface area (Å²) in [6.07, 6.45) is 2.89. The van der Waals surface area contributed by atoms with E-state index in [1.165, 1.54) is 0 Å². The van der Waals surface area contributed by atoms with E-state index in [0.717, 1.165) is 24.1 Å². The molecule has 0 bridgehead atoms. The first-order valence-electron chi connectivity index (χ1n) is 6.97. The van der Waals surface area contributed by atoms with Crippen LogP contribution in [0.5, 0.6) is 0 Å². The zero-order chi connectivity index (χ0) is 14.3. The SMILES string of the molecule is CCN1C(=O)CCc2cc(S(=O)(=O)NC3CC3)ccc21. The van der Waals surface area contributed by atoms with Crippen molar-refractivity contribution in [3.05, 3.63) is 23.8 Å².